The van der Waals surface area contributed by atoms with Gasteiger partial charge in [0.05, 0.1) is 38.5 Å². The molecular formula is C21H34CsN6O6P. The molecule has 3 rings (SSSR count). The molecule has 0 bridgehead atoms. The number of hydrogen-bond acceptors (Lipinski definition) is 9. The van der Waals surface area contributed by atoms with Crippen LogP contribution in [0.2, 0.25) is 0 Å². The molecule has 1 aliphatic rings. The Hall–Kier alpha value is 0.102. The number of nitrogens with zero attached hydrogens (tertiary/aromatic N) is 6. The summed E-state index contributed by atoms with van der Waals surface area (Å²) in [4.78, 5) is 29.4. The Kier molecular flexibility index (Phi) is 13.9. The molecule has 0 spiro atoms. The molecular weight excluding hydrogens is 596 g/mol. The number of aliphatic imine (C=N–C) groups is 1. The standard InChI is InChI=1S/C21H34N6O6P.Cs/c1-5-26(6-2)13-25-20-19-21(23-12-22-20)27(14-24-19)10-17(4)32-15-34(28,29)33-8-7-30-18-9-16(3)11-31-18;/h11-14,16-18H,5-10,15H2,1-4H3,(H,28,29);/q-1;+1/b25-13+;/t16-,17-,18?;/m1./s1. The van der Waals surface area contributed by atoms with E-state index < -0.39 is 13.9 Å². The minimum absolute atomic E-state index is 0. The van der Waals surface area contributed by atoms with E-state index in [1.807, 2.05) is 11.8 Å². The van der Waals surface area contributed by atoms with E-state index >= 15 is 0 Å². The van der Waals surface area contributed by atoms with Crippen molar-refractivity contribution in [2.24, 2.45) is 10.9 Å². The molecule has 0 aliphatic carbocycles. The predicted molar refractivity (Wildman–Crippen MR) is 126 cm³/mol. The maximum atomic E-state index is 12.3. The second kappa shape index (κ2) is 15.5. The van der Waals surface area contributed by atoms with Crippen molar-refractivity contribution in [1.29, 1.82) is 0 Å². The molecule has 12 nitrogen and oxygen atoms in total. The first-order valence-corrected chi connectivity index (χ1v) is 13.2. The van der Waals surface area contributed by atoms with Gasteiger partial charge in [0.15, 0.2) is 17.0 Å². The molecule has 1 fully saturated rings. The van der Waals surface area contributed by atoms with Crippen molar-refractivity contribution in [3.05, 3.63) is 19.3 Å². The van der Waals surface area contributed by atoms with Crippen LogP contribution in [0, 0.1) is 12.5 Å². The molecule has 0 amide bonds. The zero-order chi connectivity index (χ0) is 24.6. The summed E-state index contributed by atoms with van der Waals surface area (Å²) >= 11 is 0. The molecule has 0 saturated carbocycles. The number of rotatable bonds is 14. The Morgan fingerprint density at radius 1 is 1.37 bits per heavy atom. The average Bonchev–Trinajstić information content (AvgIpc) is 3.42. The summed E-state index contributed by atoms with van der Waals surface area (Å²) in [6, 6.07) is 0. The van der Waals surface area contributed by atoms with Crippen molar-refractivity contribution >= 4 is 30.9 Å². The fraction of sp³-hybridized carbons (Fsp3) is 0.667. The van der Waals surface area contributed by atoms with E-state index in [1.54, 1.807) is 30.8 Å². The van der Waals surface area contributed by atoms with Gasteiger partial charge < -0.3 is 33.1 Å². The summed E-state index contributed by atoms with van der Waals surface area (Å²) < 4.78 is 35.5. The second-order valence-electron chi connectivity index (χ2n) is 8.09. The third-order valence-corrected chi connectivity index (χ3v) is 6.28. The molecule has 2 unspecified atom stereocenters. The molecule has 2 aromatic heterocycles. The van der Waals surface area contributed by atoms with Gasteiger partial charge in [0, 0.05) is 13.1 Å². The Morgan fingerprint density at radius 3 is 2.83 bits per heavy atom. The third-order valence-electron chi connectivity index (χ3n) is 5.22. The van der Waals surface area contributed by atoms with Crippen LogP contribution in [-0.4, -0.2) is 80.7 Å². The zero-order valence-corrected chi connectivity index (χ0v) is 28.3. The second-order valence-corrected chi connectivity index (χ2v) is 9.89. The van der Waals surface area contributed by atoms with Gasteiger partial charge >= 0.3 is 76.5 Å². The van der Waals surface area contributed by atoms with Crippen molar-refractivity contribution in [1.82, 2.24) is 24.4 Å². The minimum Gasteiger partial charge on any atom is -0.529 e. The van der Waals surface area contributed by atoms with Crippen LogP contribution in [0.1, 0.15) is 34.1 Å². The Morgan fingerprint density at radius 2 is 2.14 bits per heavy atom. The quantitative estimate of drug-likeness (QED) is 0.0997. The predicted octanol–water partition coefficient (Wildman–Crippen LogP) is -0.0426. The number of ether oxygens (including phenoxy) is 3. The van der Waals surface area contributed by atoms with Crippen LogP contribution in [-0.2, 0) is 29.8 Å². The first-order valence-electron chi connectivity index (χ1n) is 11.4. The van der Waals surface area contributed by atoms with Gasteiger partial charge in [0.1, 0.15) is 19.0 Å². The van der Waals surface area contributed by atoms with Gasteiger partial charge in [-0.25, -0.2) is 26.6 Å². The van der Waals surface area contributed by atoms with Crippen LogP contribution in [0.3, 0.4) is 0 Å². The van der Waals surface area contributed by atoms with Gasteiger partial charge in [-0.3, -0.25) is 4.57 Å². The van der Waals surface area contributed by atoms with Crippen molar-refractivity contribution in [2.45, 2.75) is 53.1 Å². The molecule has 4 atom stereocenters. The first kappa shape index (κ1) is 31.3. The maximum absolute atomic E-state index is 12.3. The number of imidazole rings is 1. The van der Waals surface area contributed by atoms with Crippen molar-refractivity contribution in [2.75, 3.05) is 32.7 Å². The molecule has 0 radical (unpaired) electrons. The Labute approximate surface area is 265 Å². The van der Waals surface area contributed by atoms with E-state index in [0.717, 1.165) is 19.5 Å². The van der Waals surface area contributed by atoms with Crippen molar-refractivity contribution in [3.63, 3.8) is 0 Å². The molecule has 3 heterocycles. The monoisotopic (exact) mass is 630 g/mol. The summed E-state index contributed by atoms with van der Waals surface area (Å²) in [6.45, 7) is 11.9. The van der Waals surface area contributed by atoms with Crippen LogP contribution < -0.4 is 68.9 Å². The van der Waals surface area contributed by atoms with Crippen LogP contribution in [0.5, 0.6) is 0 Å². The number of aromatic nitrogens is 4. The van der Waals surface area contributed by atoms with Gasteiger partial charge in [0.25, 0.3) is 0 Å². The largest absolute Gasteiger partial charge is 1.00 e. The average molecular weight is 630 g/mol. The van der Waals surface area contributed by atoms with E-state index in [9.17, 15) is 9.46 Å². The molecule has 0 aromatic carbocycles. The van der Waals surface area contributed by atoms with Crippen LogP contribution in [0.4, 0.5) is 5.82 Å². The van der Waals surface area contributed by atoms with Crippen molar-refractivity contribution < 1.29 is 97.1 Å². The minimum atomic E-state index is -3.92. The van der Waals surface area contributed by atoms with E-state index in [1.165, 1.54) is 6.33 Å². The normalized spacial score (nSPS) is 20.7. The first-order chi connectivity index (χ1) is 16.3. The SMILES string of the molecule is CCN(/C=N/c1ncnc2c1ncn2C[C@@H](C)OCP(=O)(O)OCCOC1C[C@@H](C)[CH-]O1)CC.[Cs+]. The maximum Gasteiger partial charge on any atom is 1.00 e. The van der Waals surface area contributed by atoms with Crippen molar-refractivity contribution in [3.8, 4) is 0 Å². The Balaban J connectivity index is 0.00000432. The molecule has 1 N–H and O–H groups in total. The van der Waals surface area contributed by atoms with E-state index in [4.69, 9.17) is 18.7 Å². The summed E-state index contributed by atoms with van der Waals surface area (Å²) in [6.07, 6.45) is 4.43. The van der Waals surface area contributed by atoms with Gasteiger partial charge in [-0.15, -0.1) is 5.92 Å². The fourth-order valence-electron chi connectivity index (χ4n) is 3.31. The fourth-order valence-corrected chi connectivity index (χ4v) is 4.19. The molecule has 190 valence electrons. The summed E-state index contributed by atoms with van der Waals surface area (Å²) in [5.74, 6) is 0.811. The molecule has 1 aliphatic heterocycles. The third kappa shape index (κ3) is 10.1. The molecule has 2 aromatic rings. The zero-order valence-electron chi connectivity index (χ0n) is 21.1. The summed E-state index contributed by atoms with van der Waals surface area (Å²) in [5, 5.41) is 0. The smallest absolute Gasteiger partial charge is 0.529 e. The van der Waals surface area contributed by atoms with Crippen LogP contribution in [0.15, 0.2) is 17.6 Å². The van der Waals surface area contributed by atoms with Crippen LogP contribution in [0.25, 0.3) is 11.2 Å². The van der Waals surface area contributed by atoms with Gasteiger partial charge in [-0.2, -0.15) is 0 Å². The molecule has 1 saturated heterocycles. The number of hydrogen-bond donors (Lipinski definition) is 1. The summed E-state index contributed by atoms with van der Waals surface area (Å²) in [5.41, 5.74) is 1.19. The molecule has 14 heteroatoms. The molecule has 35 heavy (non-hydrogen) atoms. The van der Waals surface area contributed by atoms with Gasteiger partial charge in [0.2, 0.25) is 0 Å². The number of fused-ring (bicyclic) bond motifs is 1. The van der Waals surface area contributed by atoms with Gasteiger partial charge in [-0.1, -0.05) is 6.92 Å². The van der Waals surface area contributed by atoms with Crippen LogP contribution >= 0.6 is 7.60 Å². The van der Waals surface area contributed by atoms with E-state index in [-0.39, 0.29) is 94.5 Å². The Bertz CT molecular complexity index is 990. The summed E-state index contributed by atoms with van der Waals surface area (Å²) in [7, 11) is -3.92. The van der Waals surface area contributed by atoms with E-state index in [2.05, 4.69) is 33.8 Å². The van der Waals surface area contributed by atoms with E-state index in [0.29, 0.717) is 29.4 Å². The topological polar surface area (TPSA) is 133 Å². The van der Waals surface area contributed by atoms with Gasteiger partial charge in [-0.05, 0) is 27.2 Å².